The highest BCUT2D eigenvalue weighted by Crippen LogP contribution is 2.33. The number of aryl methyl sites for hydroxylation is 1. The van der Waals surface area contributed by atoms with E-state index in [1.54, 1.807) is 23.1 Å². The maximum atomic E-state index is 15.7. The SMILES string of the molecule is C#Cc1ccccc1-c1ccc2c(C)nn(-c3cccc(CN)c3)c2c1F.c1ccncc1. The van der Waals surface area contributed by atoms with Crippen LogP contribution < -0.4 is 5.73 Å². The standard InChI is InChI=1S/C23H18FN3.C5H5N/c1-3-17-8-4-5-10-20(17)21-12-11-19-15(2)26-27(23(19)22(21)24)18-9-6-7-16(13-18)14-25;1-2-4-6-5-3-1/h1,4-13H,14,25H2,2H3;1-5H. The fraction of sp³-hybridized carbons (Fsp3) is 0.0714. The molecule has 2 heterocycles. The van der Waals surface area contributed by atoms with Gasteiger partial charge in [0.2, 0.25) is 0 Å². The maximum absolute atomic E-state index is 15.7. The summed E-state index contributed by atoms with van der Waals surface area (Å²) in [4.78, 5) is 3.78. The molecule has 4 nitrogen and oxygen atoms in total. The Morgan fingerprint density at radius 2 is 1.73 bits per heavy atom. The van der Waals surface area contributed by atoms with Crippen molar-refractivity contribution in [3.63, 3.8) is 0 Å². The van der Waals surface area contributed by atoms with Crippen LogP contribution in [0.2, 0.25) is 0 Å². The second kappa shape index (κ2) is 9.90. The van der Waals surface area contributed by atoms with E-state index in [2.05, 4.69) is 16.0 Å². The summed E-state index contributed by atoms with van der Waals surface area (Å²) >= 11 is 0. The Balaban J connectivity index is 0.000000376. The van der Waals surface area contributed by atoms with Crippen LogP contribution in [0.4, 0.5) is 4.39 Å². The van der Waals surface area contributed by atoms with E-state index in [1.807, 2.05) is 79.7 Å². The van der Waals surface area contributed by atoms with Gasteiger partial charge in [0, 0.05) is 41.0 Å². The van der Waals surface area contributed by atoms with Gasteiger partial charge in [-0.3, -0.25) is 4.98 Å². The van der Waals surface area contributed by atoms with Gasteiger partial charge in [-0.05, 0) is 42.8 Å². The number of pyridine rings is 1. The second-order valence-electron chi connectivity index (χ2n) is 7.41. The number of halogens is 1. The van der Waals surface area contributed by atoms with Crippen LogP contribution in [-0.2, 0) is 6.54 Å². The molecule has 0 aliphatic rings. The third-order valence-electron chi connectivity index (χ3n) is 5.30. The predicted octanol–water partition coefficient (Wildman–Crippen LogP) is 5.66. The molecule has 3 aromatic carbocycles. The van der Waals surface area contributed by atoms with Crippen molar-refractivity contribution in [2.45, 2.75) is 13.5 Å². The number of fused-ring (bicyclic) bond motifs is 1. The Hall–Kier alpha value is -4.27. The molecule has 0 saturated carbocycles. The van der Waals surface area contributed by atoms with Gasteiger partial charge < -0.3 is 5.73 Å². The summed E-state index contributed by atoms with van der Waals surface area (Å²) in [5.41, 5.74) is 10.5. The first-order chi connectivity index (χ1) is 16.1. The number of benzene rings is 3. The number of nitrogens with zero attached hydrogens (tertiary/aromatic N) is 3. The average molecular weight is 435 g/mol. The molecule has 2 N–H and O–H groups in total. The molecule has 0 atom stereocenters. The minimum Gasteiger partial charge on any atom is -0.326 e. The molecule has 33 heavy (non-hydrogen) atoms. The minimum absolute atomic E-state index is 0.339. The molecule has 0 unspecified atom stereocenters. The van der Waals surface area contributed by atoms with Crippen LogP contribution in [0.15, 0.2) is 91.3 Å². The molecule has 162 valence electrons. The van der Waals surface area contributed by atoms with E-state index < -0.39 is 0 Å². The number of rotatable bonds is 3. The summed E-state index contributed by atoms with van der Waals surface area (Å²) in [5.74, 6) is 2.29. The molecule has 0 amide bonds. The van der Waals surface area contributed by atoms with Crippen LogP contribution in [0.25, 0.3) is 27.7 Å². The highest BCUT2D eigenvalue weighted by atomic mass is 19.1. The van der Waals surface area contributed by atoms with Crippen molar-refractivity contribution in [1.82, 2.24) is 14.8 Å². The lowest BCUT2D eigenvalue weighted by molar-refractivity contribution is 0.635. The van der Waals surface area contributed by atoms with E-state index in [0.29, 0.717) is 28.8 Å². The van der Waals surface area contributed by atoms with Crippen LogP contribution >= 0.6 is 0 Å². The lowest BCUT2D eigenvalue weighted by Gasteiger charge is -2.10. The molecule has 0 bridgehead atoms. The normalized spacial score (nSPS) is 10.4. The van der Waals surface area contributed by atoms with Gasteiger partial charge in [0.25, 0.3) is 0 Å². The van der Waals surface area contributed by atoms with Crippen molar-refractivity contribution in [3.8, 4) is 29.2 Å². The molecule has 5 aromatic rings. The second-order valence-corrected chi connectivity index (χ2v) is 7.41. The molecular formula is C28H23FN4. The molecule has 2 aromatic heterocycles. The highest BCUT2D eigenvalue weighted by molar-refractivity contribution is 5.89. The Morgan fingerprint density at radius 3 is 2.39 bits per heavy atom. The van der Waals surface area contributed by atoms with E-state index in [9.17, 15) is 0 Å². The molecule has 0 spiro atoms. The van der Waals surface area contributed by atoms with Crippen LogP contribution in [-0.4, -0.2) is 14.8 Å². The Morgan fingerprint density at radius 1 is 0.939 bits per heavy atom. The fourth-order valence-electron chi connectivity index (χ4n) is 3.68. The van der Waals surface area contributed by atoms with Crippen molar-refractivity contribution in [2.24, 2.45) is 5.73 Å². The zero-order valence-corrected chi connectivity index (χ0v) is 18.2. The van der Waals surface area contributed by atoms with Gasteiger partial charge in [0.15, 0.2) is 5.82 Å². The zero-order chi connectivity index (χ0) is 23.2. The zero-order valence-electron chi connectivity index (χ0n) is 18.2. The summed E-state index contributed by atoms with van der Waals surface area (Å²) < 4.78 is 17.3. The first kappa shape index (κ1) is 21.9. The summed E-state index contributed by atoms with van der Waals surface area (Å²) in [7, 11) is 0. The largest absolute Gasteiger partial charge is 0.326 e. The third kappa shape index (κ3) is 4.52. The van der Waals surface area contributed by atoms with E-state index in [0.717, 1.165) is 22.3 Å². The number of terminal acetylenes is 1. The van der Waals surface area contributed by atoms with Gasteiger partial charge in [0.05, 0.1) is 11.4 Å². The number of nitrogens with two attached hydrogens (primary N) is 1. The third-order valence-corrected chi connectivity index (χ3v) is 5.30. The van der Waals surface area contributed by atoms with Crippen LogP contribution in [0.5, 0.6) is 0 Å². The fourth-order valence-corrected chi connectivity index (χ4v) is 3.68. The molecular weight excluding hydrogens is 411 g/mol. The van der Waals surface area contributed by atoms with Gasteiger partial charge in [-0.15, -0.1) is 6.42 Å². The number of aromatic nitrogens is 3. The van der Waals surface area contributed by atoms with E-state index in [-0.39, 0.29) is 5.82 Å². The number of hydrogen-bond acceptors (Lipinski definition) is 3. The van der Waals surface area contributed by atoms with E-state index in [4.69, 9.17) is 12.2 Å². The molecule has 0 aliphatic heterocycles. The Bertz CT molecular complexity index is 1410. The van der Waals surface area contributed by atoms with Gasteiger partial charge in [0.1, 0.15) is 5.52 Å². The minimum atomic E-state index is -0.339. The topological polar surface area (TPSA) is 56.7 Å². The average Bonchev–Trinajstić information content (AvgIpc) is 3.23. The van der Waals surface area contributed by atoms with Crippen LogP contribution in [0.3, 0.4) is 0 Å². The summed E-state index contributed by atoms with van der Waals surface area (Å²) in [5, 5.41) is 5.34. The summed E-state index contributed by atoms with van der Waals surface area (Å²) in [6, 6.07) is 24.4. The van der Waals surface area contributed by atoms with Crippen LogP contribution in [0, 0.1) is 25.1 Å². The summed E-state index contributed by atoms with van der Waals surface area (Å²) in [6.07, 6.45) is 9.11. The molecule has 5 heteroatoms. The number of hydrogen-bond donors (Lipinski definition) is 1. The Labute approximate surface area is 192 Å². The van der Waals surface area contributed by atoms with Gasteiger partial charge >= 0.3 is 0 Å². The lowest BCUT2D eigenvalue weighted by atomic mass is 9.98. The first-order valence-corrected chi connectivity index (χ1v) is 10.5. The van der Waals surface area contributed by atoms with Crippen molar-refractivity contribution in [1.29, 1.82) is 0 Å². The van der Waals surface area contributed by atoms with Gasteiger partial charge in [-0.2, -0.15) is 5.10 Å². The lowest BCUT2D eigenvalue weighted by Crippen LogP contribution is -2.02. The predicted molar refractivity (Wildman–Crippen MR) is 131 cm³/mol. The van der Waals surface area contributed by atoms with Crippen molar-refractivity contribution >= 4 is 10.9 Å². The highest BCUT2D eigenvalue weighted by Gasteiger charge is 2.18. The summed E-state index contributed by atoms with van der Waals surface area (Å²) in [6.45, 7) is 2.29. The van der Waals surface area contributed by atoms with Crippen LogP contribution in [0.1, 0.15) is 16.8 Å². The van der Waals surface area contributed by atoms with E-state index in [1.165, 1.54) is 0 Å². The van der Waals surface area contributed by atoms with Crippen molar-refractivity contribution in [3.05, 3.63) is 114 Å². The van der Waals surface area contributed by atoms with Crippen molar-refractivity contribution in [2.75, 3.05) is 0 Å². The van der Waals surface area contributed by atoms with Crippen molar-refractivity contribution < 1.29 is 4.39 Å². The Kier molecular flexibility index (Phi) is 6.58. The molecule has 0 saturated heterocycles. The maximum Gasteiger partial charge on any atom is 0.157 e. The van der Waals surface area contributed by atoms with Gasteiger partial charge in [-0.25, -0.2) is 9.07 Å². The molecule has 0 fully saturated rings. The smallest absolute Gasteiger partial charge is 0.157 e. The monoisotopic (exact) mass is 434 g/mol. The molecule has 5 rings (SSSR count). The van der Waals surface area contributed by atoms with E-state index >= 15 is 4.39 Å². The quantitative estimate of drug-likeness (QED) is 0.373. The first-order valence-electron chi connectivity index (χ1n) is 10.5. The van der Waals surface area contributed by atoms with Gasteiger partial charge in [-0.1, -0.05) is 54.5 Å². The molecule has 0 radical (unpaired) electrons. The molecule has 0 aliphatic carbocycles.